The van der Waals surface area contributed by atoms with E-state index in [9.17, 15) is 24.0 Å². The second kappa shape index (κ2) is 19.9. The van der Waals surface area contributed by atoms with Gasteiger partial charge < -0.3 is 24.5 Å². The zero-order chi connectivity index (χ0) is 44.0. The molecule has 1 fully saturated rings. The van der Waals surface area contributed by atoms with E-state index in [4.69, 9.17) is 53.7 Å². The third-order valence-electron chi connectivity index (χ3n) is 10.8. The number of alkyl halides is 3. The molecule has 0 bridgehead atoms. The van der Waals surface area contributed by atoms with Gasteiger partial charge in [0, 0.05) is 18.9 Å². The third-order valence-corrected chi connectivity index (χ3v) is 15.7. The van der Waals surface area contributed by atoms with Crippen molar-refractivity contribution in [2.24, 2.45) is 11.3 Å². The van der Waals surface area contributed by atoms with Crippen LogP contribution in [0.1, 0.15) is 99.4 Å². The largest absolute Gasteiger partial charge is 0.460 e. The van der Waals surface area contributed by atoms with Crippen LogP contribution in [0.15, 0.2) is 36.4 Å². The Morgan fingerprint density at radius 2 is 1.64 bits per heavy atom. The van der Waals surface area contributed by atoms with Crippen LogP contribution < -0.4 is 16.1 Å². The van der Waals surface area contributed by atoms with E-state index in [0.717, 1.165) is 10.9 Å². The number of halogens is 3. The normalized spacial score (nSPS) is 18.6. The molecule has 2 heterocycles. The smallest absolute Gasteiger partial charge is 0.325 e. The SMILES string of the molecule is CC(=O)O[C@H](C)c1ccc2ccc(/C=C/C(C)(C(=O)N[C@H](C(=O)N[C@@H](C)C(=O)N3CCC[C@@H](C(=O)OCC(Cl)(Cl)Cl)N3)C(C)C)C(C)O[Si](C)(C)C(C)(C)C)cc2n1. The van der Waals surface area contributed by atoms with Crippen molar-refractivity contribution in [1.29, 1.82) is 0 Å². The number of carbonyl (C=O) groups is 5. The first-order valence-corrected chi connectivity index (χ1v) is 23.6. The number of nitrogens with one attached hydrogen (secondary N) is 3. The number of amides is 3. The standard InChI is InChI=1S/C41H60Cl3N5O8Si/c1-24(2)34(35(51)45-25(3)36(52)49-21-13-14-32(48-49)37(53)55-23-41(42,43)44)47-38(54)40(10,27(5)57-58(11,12)39(7,8)9)20-19-29-15-16-30-17-18-31(46-33(30)22-29)26(4)56-28(6)50/h15-20,22,24-27,32,34,48H,13-14,21,23H2,1-12H3,(H,45,51)(H,47,54)/b20-19+/t25-,26+,27?,32-,34-,40?/m0/s1. The van der Waals surface area contributed by atoms with Gasteiger partial charge in [-0.2, -0.15) is 0 Å². The van der Waals surface area contributed by atoms with Gasteiger partial charge in [-0.05, 0) is 82.3 Å². The number of hydrogen-bond donors (Lipinski definition) is 3. The second-order valence-corrected chi connectivity index (χ2v) is 24.3. The van der Waals surface area contributed by atoms with Gasteiger partial charge in [0.15, 0.2) is 8.32 Å². The van der Waals surface area contributed by atoms with E-state index in [1.807, 2.05) is 43.3 Å². The van der Waals surface area contributed by atoms with Crippen molar-refractivity contribution in [1.82, 2.24) is 26.1 Å². The minimum atomic E-state index is -2.39. The maximum Gasteiger partial charge on any atom is 0.325 e. The Labute approximate surface area is 358 Å². The molecule has 13 nitrogen and oxygen atoms in total. The Bertz CT molecular complexity index is 1850. The molecule has 0 spiro atoms. The Hall–Kier alpha value is -3.27. The summed E-state index contributed by atoms with van der Waals surface area (Å²) in [5.74, 6) is -2.91. The van der Waals surface area contributed by atoms with Crippen LogP contribution in [-0.2, 0) is 37.9 Å². The molecule has 2 unspecified atom stereocenters. The maximum atomic E-state index is 14.6. The first kappa shape index (κ1) is 49.1. The highest BCUT2D eigenvalue weighted by atomic mass is 35.6. The minimum absolute atomic E-state index is 0.148. The number of aromatic nitrogens is 1. The summed E-state index contributed by atoms with van der Waals surface area (Å²) in [6, 6.07) is 6.59. The number of nitrogens with zero attached hydrogens (tertiary/aromatic N) is 2. The number of pyridine rings is 1. The highest BCUT2D eigenvalue weighted by Crippen LogP contribution is 2.40. The highest BCUT2D eigenvalue weighted by molar-refractivity contribution is 6.74. The summed E-state index contributed by atoms with van der Waals surface area (Å²) in [6.07, 6.45) is 3.38. The van der Waals surface area contributed by atoms with Crippen molar-refractivity contribution in [2.45, 2.75) is 134 Å². The quantitative estimate of drug-likeness (QED) is 0.0937. The fourth-order valence-corrected chi connectivity index (χ4v) is 7.64. The average molecular weight is 885 g/mol. The van der Waals surface area contributed by atoms with Gasteiger partial charge in [-0.15, -0.1) is 0 Å². The molecule has 1 saturated heterocycles. The van der Waals surface area contributed by atoms with E-state index in [0.29, 0.717) is 24.1 Å². The molecule has 2 aromatic rings. The molecule has 17 heteroatoms. The van der Waals surface area contributed by atoms with Gasteiger partial charge in [-0.3, -0.25) is 29.0 Å². The summed E-state index contributed by atoms with van der Waals surface area (Å²) in [7, 11) is -2.39. The molecule has 0 radical (unpaired) electrons. The van der Waals surface area contributed by atoms with Crippen molar-refractivity contribution in [3.63, 3.8) is 0 Å². The summed E-state index contributed by atoms with van der Waals surface area (Å²) < 4.78 is 15.4. The Morgan fingerprint density at radius 1 is 1.00 bits per heavy atom. The molecule has 3 rings (SSSR count). The van der Waals surface area contributed by atoms with Crippen LogP contribution in [0.4, 0.5) is 0 Å². The fourth-order valence-electron chi connectivity index (χ4n) is 5.99. The molecular formula is C41H60Cl3N5O8Si. The monoisotopic (exact) mass is 883 g/mol. The number of esters is 2. The van der Waals surface area contributed by atoms with E-state index < -0.39 is 84.1 Å². The minimum Gasteiger partial charge on any atom is -0.460 e. The van der Waals surface area contributed by atoms with Gasteiger partial charge in [-0.1, -0.05) is 99.8 Å². The fraction of sp³-hybridized carbons (Fsp3) is 0.610. The summed E-state index contributed by atoms with van der Waals surface area (Å²) in [5, 5.41) is 7.75. The van der Waals surface area contributed by atoms with Gasteiger partial charge in [0.2, 0.25) is 15.6 Å². The summed E-state index contributed by atoms with van der Waals surface area (Å²) in [4.78, 5) is 70.8. The molecule has 3 amide bonds. The molecule has 1 aromatic heterocycles. The Balaban J connectivity index is 1.87. The van der Waals surface area contributed by atoms with E-state index in [1.165, 1.54) is 18.9 Å². The van der Waals surface area contributed by atoms with Crippen molar-refractivity contribution >= 4 is 89.8 Å². The van der Waals surface area contributed by atoms with Crippen LogP contribution in [0.3, 0.4) is 0 Å². The number of benzene rings is 1. The molecule has 0 saturated carbocycles. The lowest BCUT2D eigenvalue weighted by Gasteiger charge is -2.43. The molecule has 6 atom stereocenters. The number of hydrogen-bond acceptors (Lipinski definition) is 10. The van der Waals surface area contributed by atoms with Gasteiger partial charge in [0.1, 0.15) is 30.8 Å². The van der Waals surface area contributed by atoms with Crippen molar-refractivity contribution in [3.8, 4) is 0 Å². The summed E-state index contributed by atoms with van der Waals surface area (Å²) in [6.45, 7) is 22.3. The first-order valence-electron chi connectivity index (χ1n) is 19.5. The van der Waals surface area contributed by atoms with Crippen LogP contribution in [-0.4, -0.2) is 89.1 Å². The number of rotatable bonds is 15. The summed E-state index contributed by atoms with van der Waals surface area (Å²) in [5.41, 5.74) is 3.65. The van der Waals surface area contributed by atoms with Crippen LogP contribution in [0, 0.1) is 11.3 Å². The number of hydrazine groups is 1. The maximum absolute atomic E-state index is 14.6. The molecule has 0 aliphatic carbocycles. The van der Waals surface area contributed by atoms with Crippen molar-refractivity contribution in [3.05, 3.63) is 47.7 Å². The average Bonchev–Trinajstić information content (AvgIpc) is 3.12. The lowest BCUT2D eigenvalue weighted by Crippen LogP contribution is -2.61. The molecule has 1 aromatic carbocycles. The van der Waals surface area contributed by atoms with Gasteiger partial charge >= 0.3 is 11.9 Å². The van der Waals surface area contributed by atoms with Crippen molar-refractivity contribution < 1.29 is 37.9 Å². The van der Waals surface area contributed by atoms with Gasteiger partial charge in [0.25, 0.3) is 5.91 Å². The van der Waals surface area contributed by atoms with Gasteiger partial charge in [-0.25, -0.2) is 10.4 Å². The van der Waals surface area contributed by atoms with Crippen LogP contribution in [0.2, 0.25) is 18.1 Å². The Kier molecular flexibility index (Phi) is 16.8. The van der Waals surface area contributed by atoms with Crippen molar-refractivity contribution in [2.75, 3.05) is 13.2 Å². The summed E-state index contributed by atoms with van der Waals surface area (Å²) >= 11 is 17.1. The molecule has 322 valence electrons. The molecule has 1 aliphatic heterocycles. The van der Waals surface area contributed by atoms with E-state index in [2.05, 4.69) is 49.9 Å². The predicted octanol–water partition coefficient (Wildman–Crippen LogP) is 7.34. The number of fused-ring (bicyclic) bond motifs is 1. The van der Waals surface area contributed by atoms with Crippen LogP contribution in [0.5, 0.6) is 0 Å². The highest BCUT2D eigenvalue weighted by Gasteiger charge is 2.46. The lowest BCUT2D eigenvalue weighted by atomic mass is 9.82. The third kappa shape index (κ3) is 13.4. The van der Waals surface area contributed by atoms with Crippen LogP contribution in [0.25, 0.3) is 17.0 Å². The van der Waals surface area contributed by atoms with Crippen LogP contribution >= 0.6 is 34.8 Å². The first-order chi connectivity index (χ1) is 26.6. The number of ether oxygens (including phenoxy) is 2. The Morgan fingerprint density at radius 3 is 2.22 bits per heavy atom. The molecule has 3 N–H and O–H groups in total. The van der Waals surface area contributed by atoms with E-state index in [-0.39, 0.29) is 17.5 Å². The molecular weight excluding hydrogens is 825 g/mol. The zero-order valence-electron chi connectivity index (χ0n) is 35.6. The zero-order valence-corrected chi connectivity index (χ0v) is 38.9. The predicted molar refractivity (Wildman–Crippen MR) is 230 cm³/mol. The molecule has 1 aliphatic rings. The topological polar surface area (TPSA) is 165 Å². The van der Waals surface area contributed by atoms with E-state index in [1.54, 1.807) is 33.8 Å². The second-order valence-electron chi connectivity index (χ2n) is 17.0. The van der Waals surface area contributed by atoms with E-state index >= 15 is 0 Å². The molecule has 58 heavy (non-hydrogen) atoms. The lowest BCUT2D eigenvalue weighted by molar-refractivity contribution is -0.153. The number of carbonyl (C=O) groups excluding carboxylic acids is 5. The van der Waals surface area contributed by atoms with Gasteiger partial charge in [0.05, 0.1) is 22.7 Å².